The highest BCUT2D eigenvalue weighted by Gasteiger charge is 2.31. The predicted octanol–water partition coefficient (Wildman–Crippen LogP) is 1.67. The summed E-state index contributed by atoms with van der Waals surface area (Å²) in [5, 5.41) is 21.6. The molecule has 0 aromatic heterocycles. The molecule has 2 atom stereocenters. The van der Waals surface area contributed by atoms with Crippen LogP contribution in [0, 0.1) is 26.1 Å². The van der Waals surface area contributed by atoms with Crippen LogP contribution in [-0.4, -0.2) is 21.9 Å². The highest BCUT2D eigenvalue weighted by molar-refractivity contribution is 5.73. The van der Waals surface area contributed by atoms with Gasteiger partial charge >= 0.3 is 5.97 Å². The molecule has 0 spiro atoms. The van der Waals surface area contributed by atoms with Crippen LogP contribution < -0.4 is 5.73 Å². The zero-order valence-corrected chi connectivity index (χ0v) is 11.6. The molecule has 2 N–H and O–H groups in total. The van der Waals surface area contributed by atoms with E-state index in [9.17, 15) is 25.0 Å². The molecule has 1 saturated carbocycles. The summed E-state index contributed by atoms with van der Waals surface area (Å²) in [4.78, 5) is 32.0. The summed E-state index contributed by atoms with van der Waals surface area (Å²) < 4.78 is 5.09. The monoisotopic (exact) mass is 309 g/mol. The summed E-state index contributed by atoms with van der Waals surface area (Å²) in [7, 11) is 0. The SMILES string of the molecule is NC1CCCC1C(=O)OCc1cc([N+](=O)[O-])cc([N+](=O)[O-])c1. The largest absolute Gasteiger partial charge is 0.461 e. The lowest BCUT2D eigenvalue weighted by molar-refractivity contribution is -0.394. The first-order chi connectivity index (χ1) is 10.4. The Morgan fingerprint density at radius 3 is 2.23 bits per heavy atom. The molecule has 9 heteroatoms. The number of hydrogen-bond donors (Lipinski definition) is 1. The number of rotatable bonds is 5. The first-order valence-corrected chi connectivity index (χ1v) is 6.73. The third kappa shape index (κ3) is 3.55. The molecule has 1 aliphatic carbocycles. The van der Waals surface area contributed by atoms with Crippen LogP contribution in [0.4, 0.5) is 11.4 Å². The van der Waals surface area contributed by atoms with E-state index in [0.29, 0.717) is 6.42 Å². The van der Waals surface area contributed by atoms with Crippen molar-refractivity contribution in [1.82, 2.24) is 0 Å². The maximum Gasteiger partial charge on any atom is 0.310 e. The number of nitro groups is 2. The van der Waals surface area contributed by atoms with E-state index >= 15 is 0 Å². The molecule has 0 saturated heterocycles. The fourth-order valence-corrected chi connectivity index (χ4v) is 2.49. The molecule has 0 bridgehead atoms. The van der Waals surface area contributed by atoms with Crippen molar-refractivity contribution in [2.75, 3.05) is 0 Å². The minimum atomic E-state index is -0.731. The van der Waals surface area contributed by atoms with Gasteiger partial charge in [0.25, 0.3) is 11.4 Å². The van der Waals surface area contributed by atoms with E-state index < -0.39 is 27.2 Å². The molecule has 0 heterocycles. The number of nitro benzene ring substituents is 2. The fraction of sp³-hybridized carbons (Fsp3) is 0.462. The van der Waals surface area contributed by atoms with Crippen LogP contribution >= 0.6 is 0 Å². The van der Waals surface area contributed by atoms with Crippen LogP contribution in [0.1, 0.15) is 24.8 Å². The number of hydrogen-bond acceptors (Lipinski definition) is 7. The standard InChI is InChI=1S/C13H15N3O6/c14-12-3-1-2-11(12)13(17)22-7-8-4-9(15(18)19)6-10(5-8)16(20)21/h4-6,11-12H,1-3,7,14H2. The van der Waals surface area contributed by atoms with Gasteiger partial charge in [0.15, 0.2) is 0 Å². The number of ether oxygens (including phenoxy) is 1. The van der Waals surface area contributed by atoms with Gasteiger partial charge in [-0.15, -0.1) is 0 Å². The second-order valence-electron chi connectivity index (χ2n) is 5.18. The topological polar surface area (TPSA) is 139 Å². The van der Waals surface area contributed by atoms with Crippen LogP contribution in [0.2, 0.25) is 0 Å². The van der Waals surface area contributed by atoms with E-state index in [1.165, 1.54) is 0 Å². The van der Waals surface area contributed by atoms with E-state index in [4.69, 9.17) is 10.5 Å². The minimum absolute atomic E-state index is 0.195. The first kappa shape index (κ1) is 15.8. The Morgan fingerprint density at radius 1 is 1.18 bits per heavy atom. The summed E-state index contributed by atoms with van der Waals surface area (Å²) in [6.45, 7) is -0.259. The van der Waals surface area contributed by atoms with Crippen molar-refractivity contribution in [2.24, 2.45) is 11.7 Å². The number of carbonyl (C=O) groups is 1. The number of esters is 1. The Morgan fingerprint density at radius 2 is 1.77 bits per heavy atom. The lowest BCUT2D eigenvalue weighted by Gasteiger charge is -2.14. The van der Waals surface area contributed by atoms with Crippen molar-refractivity contribution in [3.63, 3.8) is 0 Å². The summed E-state index contributed by atoms with van der Waals surface area (Å²) in [5.74, 6) is -0.854. The van der Waals surface area contributed by atoms with E-state index in [1.54, 1.807) is 0 Å². The van der Waals surface area contributed by atoms with Crippen LogP contribution in [0.15, 0.2) is 18.2 Å². The second kappa shape index (κ2) is 6.48. The first-order valence-electron chi connectivity index (χ1n) is 6.73. The lowest BCUT2D eigenvalue weighted by atomic mass is 10.1. The third-order valence-corrected chi connectivity index (χ3v) is 3.64. The van der Waals surface area contributed by atoms with Gasteiger partial charge < -0.3 is 10.5 Å². The number of non-ortho nitro benzene ring substituents is 2. The predicted molar refractivity (Wildman–Crippen MR) is 74.9 cm³/mol. The van der Waals surface area contributed by atoms with Crippen LogP contribution in [-0.2, 0) is 16.1 Å². The molecule has 2 unspecified atom stereocenters. The van der Waals surface area contributed by atoms with Crippen molar-refractivity contribution in [1.29, 1.82) is 0 Å². The minimum Gasteiger partial charge on any atom is -0.461 e. The summed E-state index contributed by atoms with van der Waals surface area (Å²) >= 11 is 0. The fourth-order valence-electron chi connectivity index (χ4n) is 2.49. The van der Waals surface area contributed by atoms with Crippen LogP contribution in [0.3, 0.4) is 0 Å². The molecule has 118 valence electrons. The maximum absolute atomic E-state index is 11.9. The second-order valence-corrected chi connectivity index (χ2v) is 5.18. The molecule has 0 amide bonds. The Balaban J connectivity index is 2.10. The zero-order valence-electron chi connectivity index (χ0n) is 11.6. The Kier molecular flexibility index (Phi) is 4.66. The molecule has 1 aromatic carbocycles. The number of carbonyl (C=O) groups excluding carboxylic acids is 1. The van der Waals surface area contributed by atoms with Gasteiger partial charge in [-0.2, -0.15) is 0 Å². The van der Waals surface area contributed by atoms with Crippen molar-refractivity contribution < 1.29 is 19.4 Å². The van der Waals surface area contributed by atoms with Crippen LogP contribution in [0.5, 0.6) is 0 Å². The normalized spacial score (nSPS) is 20.6. The molecule has 1 aromatic rings. The van der Waals surface area contributed by atoms with Crippen molar-refractivity contribution in [3.8, 4) is 0 Å². The molecule has 9 nitrogen and oxygen atoms in total. The van der Waals surface area contributed by atoms with E-state index in [0.717, 1.165) is 31.0 Å². The molecule has 2 rings (SSSR count). The molecule has 1 aliphatic rings. The van der Waals surface area contributed by atoms with Gasteiger partial charge in [-0.3, -0.25) is 25.0 Å². The van der Waals surface area contributed by atoms with Crippen LogP contribution in [0.25, 0.3) is 0 Å². The molecule has 1 fully saturated rings. The zero-order chi connectivity index (χ0) is 16.3. The Labute approximate surface area is 125 Å². The van der Waals surface area contributed by atoms with Gasteiger partial charge in [0.05, 0.1) is 21.8 Å². The molecule has 0 aliphatic heterocycles. The van der Waals surface area contributed by atoms with E-state index in [-0.39, 0.29) is 24.1 Å². The Bertz CT molecular complexity index is 586. The average Bonchev–Trinajstić information content (AvgIpc) is 2.90. The summed E-state index contributed by atoms with van der Waals surface area (Å²) in [6.07, 6.45) is 2.25. The van der Waals surface area contributed by atoms with Gasteiger partial charge in [0.1, 0.15) is 6.61 Å². The van der Waals surface area contributed by atoms with E-state index in [2.05, 4.69) is 0 Å². The van der Waals surface area contributed by atoms with Gasteiger partial charge in [-0.25, -0.2) is 0 Å². The van der Waals surface area contributed by atoms with Crippen molar-refractivity contribution >= 4 is 17.3 Å². The van der Waals surface area contributed by atoms with Gasteiger partial charge in [-0.05, 0) is 12.8 Å². The molecular weight excluding hydrogens is 294 g/mol. The lowest BCUT2D eigenvalue weighted by Crippen LogP contribution is -2.31. The molecule has 0 radical (unpaired) electrons. The summed E-state index contributed by atoms with van der Waals surface area (Å²) in [6, 6.07) is 2.91. The smallest absolute Gasteiger partial charge is 0.310 e. The Hall–Kier alpha value is -2.55. The maximum atomic E-state index is 11.9. The van der Waals surface area contributed by atoms with Gasteiger partial charge in [-0.1, -0.05) is 6.42 Å². The van der Waals surface area contributed by atoms with Gasteiger partial charge in [0, 0.05) is 23.7 Å². The van der Waals surface area contributed by atoms with Gasteiger partial charge in [0.2, 0.25) is 0 Å². The van der Waals surface area contributed by atoms with E-state index in [1.807, 2.05) is 0 Å². The highest BCUT2D eigenvalue weighted by Crippen LogP contribution is 2.27. The average molecular weight is 309 g/mol. The molecular formula is C13H15N3O6. The van der Waals surface area contributed by atoms with Crippen molar-refractivity contribution in [2.45, 2.75) is 31.9 Å². The van der Waals surface area contributed by atoms with Crippen molar-refractivity contribution in [3.05, 3.63) is 44.0 Å². The number of nitrogens with two attached hydrogens (primary N) is 1. The molecule has 22 heavy (non-hydrogen) atoms. The number of benzene rings is 1. The third-order valence-electron chi connectivity index (χ3n) is 3.64. The quantitative estimate of drug-likeness (QED) is 0.495. The summed E-state index contributed by atoms with van der Waals surface area (Å²) in [5.41, 5.74) is 5.15. The number of nitrogens with zero attached hydrogens (tertiary/aromatic N) is 2. The highest BCUT2D eigenvalue weighted by atomic mass is 16.6.